The molecule has 0 amide bonds. The van der Waals surface area contributed by atoms with Gasteiger partial charge in [-0.3, -0.25) is 0 Å². The van der Waals surface area contributed by atoms with Crippen LogP contribution < -0.4 is 4.74 Å². The van der Waals surface area contributed by atoms with Crippen LogP contribution in [0.3, 0.4) is 0 Å². The molecule has 0 bridgehead atoms. The Morgan fingerprint density at radius 1 is 1.04 bits per heavy atom. The summed E-state index contributed by atoms with van der Waals surface area (Å²) in [5, 5.41) is 0.307. The lowest BCUT2D eigenvalue weighted by Gasteiger charge is -2.14. The van der Waals surface area contributed by atoms with Crippen molar-refractivity contribution in [1.82, 2.24) is 4.98 Å². The van der Waals surface area contributed by atoms with Crippen LogP contribution >= 0.6 is 27.5 Å². The summed E-state index contributed by atoms with van der Waals surface area (Å²) in [6.07, 6.45) is -4.64. The van der Waals surface area contributed by atoms with Crippen LogP contribution in [0.15, 0.2) is 46.9 Å². The van der Waals surface area contributed by atoms with E-state index in [1.165, 1.54) is 6.07 Å². The van der Waals surface area contributed by atoms with Crippen molar-refractivity contribution in [2.75, 3.05) is 0 Å². The third kappa shape index (κ3) is 3.32. The van der Waals surface area contributed by atoms with Gasteiger partial charge in [0.05, 0.1) is 10.5 Å². The summed E-state index contributed by atoms with van der Waals surface area (Å²) in [6, 6.07) is 8.93. The van der Waals surface area contributed by atoms with Crippen molar-refractivity contribution in [3.63, 3.8) is 0 Å². The van der Waals surface area contributed by atoms with Crippen LogP contribution in [0.25, 0.3) is 10.9 Å². The number of rotatable bonds is 2. The first-order valence-electron chi connectivity index (χ1n) is 6.55. The van der Waals surface area contributed by atoms with Gasteiger partial charge in [-0.1, -0.05) is 17.7 Å². The minimum absolute atomic E-state index is 0.0404. The number of aromatic nitrogens is 1. The maximum Gasteiger partial charge on any atom is 0.433 e. The smallest absolute Gasteiger partial charge is 0.433 e. The van der Waals surface area contributed by atoms with Crippen LogP contribution in [0.1, 0.15) is 5.69 Å². The van der Waals surface area contributed by atoms with E-state index in [0.29, 0.717) is 9.86 Å². The molecule has 0 spiro atoms. The molecule has 0 radical (unpaired) electrons. The van der Waals surface area contributed by atoms with Gasteiger partial charge >= 0.3 is 6.18 Å². The molecule has 1 aromatic heterocycles. The fourth-order valence-corrected chi connectivity index (χ4v) is 2.75. The predicted octanol–water partition coefficient (Wildman–Crippen LogP) is 6.60. The number of alkyl halides is 3. The van der Waals surface area contributed by atoms with E-state index in [1.54, 1.807) is 18.2 Å². The molecule has 0 atom stereocenters. The normalized spacial score (nSPS) is 11.8. The van der Waals surface area contributed by atoms with E-state index in [4.69, 9.17) is 16.3 Å². The molecule has 0 saturated carbocycles. The minimum atomic E-state index is -4.64. The predicted molar refractivity (Wildman–Crippen MR) is 85.9 cm³/mol. The first kappa shape index (κ1) is 17.0. The van der Waals surface area contributed by atoms with E-state index in [1.807, 2.05) is 0 Å². The van der Waals surface area contributed by atoms with Crippen LogP contribution in [0.4, 0.5) is 17.6 Å². The highest BCUT2D eigenvalue weighted by molar-refractivity contribution is 9.10. The summed E-state index contributed by atoms with van der Waals surface area (Å²) in [4.78, 5) is 3.64. The maximum absolute atomic E-state index is 13.1. The topological polar surface area (TPSA) is 22.1 Å². The second-order valence-corrected chi connectivity index (χ2v) is 6.08. The maximum atomic E-state index is 13.1. The zero-order valence-electron chi connectivity index (χ0n) is 11.7. The van der Waals surface area contributed by atoms with Crippen molar-refractivity contribution >= 4 is 38.4 Å². The van der Waals surface area contributed by atoms with Gasteiger partial charge in [-0.25, -0.2) is 9.37 Å². The van der Waals surface area contributed by atoms with Gasteiger partial charge < -0.3 is 4.74 Å². The van der Waals surface area contributed by atoms with Crippen molar-refractivity contribution in [1.29, 1.82) is 0 Å². The summed E-state index contributed by atoms with van der Waals surface area (Å²) in [7, 11) is 0. The lowest BCUT2D eigenvalue weighted by Crippen LogP contribution is -2.08. The number of para-hydroxylation sites is 1. The Morgan fingerprint density at radius 3 is 2.46 bits per heavy atom. The highest BCUT2D eigenvalue weighted by Gasteiger charge is 2.34. The molecular weight excluding hydrogens is 414 g/mol. The van der Waals surface area contributed by atoms with E-state index in [2.05, 4.69) is 20.9 Å². The number of fused-ring (bicyclic) bond motifs is 1. The molecule has 0 unspecified atom stereocenters. The first-order chi connectivity index (χ1) is 11.3. The summed E-state index contributed by atoms with van der Waals surface area (Å²) in [6.45, 7) is 0. The van der Waals surface area contributed by atoms with Crippen LogP contribution in [-0.4, -0.2) is 4.98 Å². The third-order valence-corrected chi connectivity index (χ3v) is 4.09. The van der Waals surface area contributed by atoms with E-state index in [0.717, 1.165) is 18.2 Å². The molecule has 3 rings (SSSR count). The molecule has 0 aliphatic heterocycles. The van der Waals surface area contributed by atoms with E-state index in [-0.39, 0.29) is 22.0 Å². The molecule has 3 aromatic rings. The molecule has 24 heavy (non-hydrogen) atoms. The molecular formula is C16H7BrClF4NO. The standard InChI is InChI=1S/C16H7BrClF4NO/c17-10-3-1-2-9-13(7-14(16(20,21)22)23-15(9)10)24-12-5-4-8(19)6-11(12)18/h1-7H. The number of nitrogens with zero attached hydrogens (tertiary/aromatic N) is 1. The van der Waals surface area contributed by atoms with Crippen LogP contribution in [0.5, 0.6) is 11.5 Å². The molecule has 0 fully saturated rings. The van der Waals surface area contributed by atoms with Gasteiger partial charge in [0, 0.05) is 15.9 Å². The molecule has 0 aliphatic rings. The van der Waals surface area contributed by atoms with E-state index in [9.17, 15) is 17.6 Å². The Balaban J connectivity index is 2.20. The summed E-state index contributed by atoms with van der Waals surface area (Å²) >= 11 is 9.06. The SMILES string of the molecule is Fc1ccc(Oc2cc(C(F)(F)F)nc3c(Br)cccc23)c(Cl)c1. The molecule has 2 aromatic carbocycles. The Kier molecular flexibility index (Phi) is 4.40. The Bertz CT molecular complexity index is 930. The van der Waals surface area contributed by atoms with Crippen molar-refractivity contribution in [2.45, 2.75) is 6.18 Å². The van der Waals surface area contributed by atoms with Crippen molar-refractivity contribution < 1.29 is 22.3 Å². The number of hydrogen-bond acceptors (Lipinski definition) is 2. The van der Waals surface area contributed by atoms with Crippen LogP contribution in [0.2, 0.25) is 5.02 Å². The monoisotopic (exact) mass is 419 g/mol. The summed E-state index contributed by atoms with van der Waals surface area (Å²) in [5.74, 6) is -0.619. The fourth-order valence-electron chi connectivity index (χ4n) is 2.09. The van der Waals surface area contributed by atoms with E-state index < -0.39 is 17.7 Å². The number of halogens is 6. The van der Waals surface area contributed by atoms with Gasteiger partial charge in [-0.05, 0) is 46.3 Å². The van der Waals surface area contributed by atoms with Gasteiger partial charge in [0.1, 0.15) is 23.0 Å². The molecule has 0 saturated heterocycles. The molecule has 8 heteroatoms. The molecule has 0 aliphatic carbocycles. The fraction of sp³-hybridized carbons (Fsp3) is 0.0625. The van der Waals surface area contributed by atoms with Gasteiger partial charge in [-0.2, -0.15) is 13.2 Å². The third-order valence-electron chi connectivity index (χ3n) is 3.16. The highest BCUT2D eigenvalue weighted by atomic mass is 79.9. The quantitative estimate of drug-likeness (QED) is 0.436. The van der Waals surface area contributed by atoms with Crippen molar-refractivity contribution in [2.24, 2.45) is 0 Å². The van der Waals surface area contributed by atoms with Gasteiger partial charge in [0.2, 0.25) is 0 Å². The molecule has 124 valence electrons. The summed E-state index contributed by atoms with van der Waals surface area (Å²) < 4.78 is 58.3. The first-order valence-corrected chi connectivity index (χ1v) is 7.72. The van der Waals surface area contributed by atoms with Gasteiger partial charge in [0.25, 0.3) is 0 Å². The van der Waals surface area contributed by atoms with Crippen molar-refractivity contribution in [3.8, 4) is 11.5 Å². The highest BCUT2D eigenvalue weighted by Crippen LogP contribution is 2.39. The lowest BCUT2D eigenvalue weighted by molar-refractivity contribution is -0.141. The second kappa shape index (κ2) is 6.22. The van der Waals surface area contributed by atoms with Gasteiger partial charge in [-0.15, -0.1) is 0 Å². The Hall–Kier alpha value is -1.86. The van der Waals surface area contributed by atoms with E-state index >= 15 is 0 Å². The Labute approximate surface area is 147 Å². The lowest BCUT2D eigenvalue weighted by atomic mass is 10.1. The summed E-state index contributed by atoms with van der Waals surface area (Å²) in [5.41, 5.74) is -1.00. The largest absolute Gasteiger partial charge is 0.455 e. The number of ether oxygens (including phenoxy) is 1. The number of pyridine rings is 1. The average molecular weight is 421 g/mol. The second-order valence-electron chi connectivity index (χ2n) is 4.82. The van der Waals surface area contributed by atoms with Gasteiger partial charge in [0.15, 0.2) is 0 Å². The molecule has 1 heterocycles. The zero-order valence-corrected chi connectivity index (χ0v) is 14.0. The Morgan fingerprint density at radius 2 is 1.79 bits per heavy atom. The zero-order chi connectivity index (χ0) is 17.5. The van der Waals surface area contributed by atoms with Crippen LogP contribution in [0, 0.1) is 5.82 Å². The number of hydrogen-bond donors (Lipinski definition) is 0. The minimum Gasteiger partial charge on any atom is -0.455 e. The molecule has 2 nitrogen and oxygen atoms in total. The number of benzene rings is 2. The van der Waals surface area contributed by atoms with Crippen LogP contribution in [-0.2, 0) is 6.18 Å². The van der Waals surface area contributed by atoms with Crippen molar-refractivity contribution in [3.05, 3.63) is 63.5 Å². The average Bonchev–Trinajstić information content (AvgIpc) is 2.49. The molecule has 0 N–H and O–H groups in total.